The molecule has 19 heavy (non-hydrogen) atoms. The lowest BCUT2D eigenvalue weighted by atomic mass is 10.1. The van der Waals surface area contributed by atoms with Gasteiger partial charge in [0.2, 0.25) is 5.91 Å². The highest BCUT2D eigenvalue weighted by atomic mass is 35.5. The molecule has 0 spiro atoms. The summed E-state index contributed by atoms with van der Waals surface area (Å²) in [5, 5.41) is 12.6. The third-order valence-electron chi connectivity index (χ3n) is 2.68. The van der Waals surface area contributed by atoms with Crippen molar-refractivity contribution in [1.29, 1.82) is 0 Å². The fraction of sp³-hybridized carbons (Fsp3) is 0.214. The number of aliphatic hydroxyl groups excluding tert-OH is 1. The number of hydrogen-bond acceptors (Lipinski definition) is 3. The van der Waals surface area contributed by atoms with Crippen LogP contribution in [0.15, 0.2) is 47.1 Å². The van der Waals surface area contributed by atoms with E-state index >= 15 is 0 Å². The second kappa shape index (κ2) is 6.41. The van der Waals surface area contributed by atoms with Gasteiger partial charge in [0.25, 0.3) is 0 Å². The summed E-state index contributed by atoms with van der Waals surface area (Å²) in [7, 11) is 0. The smallest absolute Gasteiger partial charge is 0.225 e. The number of carbonyl (C=O) groups is 1. The van der Waals surface area contributed by atoms with Crippen LogP contribution in [0.2, 0.25) is 5.02 Å². The Kier molecular flexibility index (Phi) is 4.60. The fourth-order valence-electron chi connectivity index (χ4n) is 1.73. The van der Waals surface area contributed by atoms with Crippen LogP contribution in [0, 0.1) is 0 Å². The third-order valence-corrected chi connectivity index (χ3v) is 2.93. The van der Waals surface area contributed by atoms with Crippen molar-refractivity contribution in [1.82, 2.24) is 5.32 Å². The quantitative estimate of drug-likeness (QED) is 0.883. The first-order valence-corrected chi connectivity index (χ1v) is 6.25. The van der Waals surface area contributed by atoms with Crippen LogP contribution in [-0.2, 0) is 11.2 Å². The van der Waals surface area contributed by atoms with Gasteiger partial charge in [0, 0.05) is 5.02 Å². The van der Waals surface area contributed by atoms with Crippen molar-refractivity contribution in [2.24, 2.45) is 0 Å². The number of benzene rings is 1. The minimum absolute atomic E-state index is 0.183. The zero-order chi connectivity index (χ0) is 13.7. The van der Waals surface area contributed by atoms with Crippen LogP contribution in [0.3, 0.4) is 0 Å². The molecule has 0 saturated heterocycles. The molecule has 0 aliphatic rings. The van der Waals surface area contributed by atoms with E-state index in [1.54, 1.807) is 36.4 Å². The molecule has 100 valence electrons. The Hall–Kier alpha value is -1.78. The maximum absolute atomic E-state index is 11.9. The average molecular weight is 280 g/mol. The number of hydrogen-bond donors (Lipinski definition) is 2. The average Bonchev–Trinajstić information content (AvgIpc) is 2.92. The van der Waals surface area contributed by atoms with Gasteiger partial charge in [0.15, 0.2) is 0 Å². The Morgan fingerprint density at radius 2 is 2.05 bits per heavy atom. The van der Waals surface area contributed by atoms with Crippen LogP contribution in [0.5, 0.6) is 0 Å². The van der Waals surface area contributed by atoms with Gasteiger partial charge in [0.1, 0.15) is 11.8 Å². The third kappa shape index (κ3) is 3.84. The van der Waals surface area contributed by atoms with E-state index in [0.29, 0.717) is 10.8 Å². The maximum atomic E-state index is 11.9. The molecule has 1 aromatic heterocycles. The van der Waals surface area contributed by atoms with E-state index < -0.39 is 6.04 Å². The molecular weight excluding hydrogens is 266 g/mol. The first-order chi connectivity index (χ1) is 9.19. The molecule has 0 fully saturated rings. The lowest BCUT2D eigenvalue weighted by molar-refractivity contribution is -0.121. The maximum Gasteiger partial charge on any atom is 0.225 e. The number of furan rings is 1. The lowest BCUT2D eigenvalue weighted by Gasteiger charge is -2.13. The number of halogens is 1. The summed E-state index contributed by atoms with van der Waals surface area (Å²) in [5.74, 6) is 0.352. The van der Waals surface area contributed by atoms with E-state index in [2.05, 4.69) is 5.32 Å². The molecular formula is C14H14ClNO3. The van der Waals surface area contributed by atoms with Crippen LogP contribution >= 0.6 is 11.6 Å². The van der Waals surface area contributed by atoms with Gasteiger partial charge < -0.3 is 14.8 Å². The van der Waals surface area contributed by atoms with Gasteiger partial charge in [-0.25, -0.2) is 0 Å². The van der Waals surface area contributed by atoms with E-state index in [0.717, 1.165) is 5.56 Å². The first-order valence-electron chi connectivity index (χ1n) is 5.87. The van der Waals surface area contributed by atoms with Crippen molar-refractivity contribution >= 4 is 17.5 Å². The summed E-state index contributed by atoms with van der Waals surface area (Å²) in [4.78, 5) is 11.9. The Labute approximate surface area is 116 Å². The van der Waals surface area contributed by atoms with Crippen molar-refractivity contribution in [3.63, 3.8) is 0 Å². The minimum Gasteiger partial charge on any atom is -0.467 e. The van der Waals surface area contributed by atoms with Gasteiger partial charge in [-0.1, -0.05) is 23.7 Å². The topological polar surface area (TPSA) is 62.5 Å². The minimum atomic E-state index is -0.519. The molecule has 0 aliphatic carbocycles. The molecule has 1 aromatic carbocycles. The molecule has 0 aliphatic heterocycles. The fourth-order valence-corrected chi connectivity index (χ4v) is 1.86. The lowest BCUT2D eigenvalue weighted by Crippen LogP contribution is -2.31. The standard InChI is InChI=1S/C14H14ClNO3/c15-11-5-3-10(4-6-11)8-14(18)16-12(9-17)13-2-1-7-19-13/h1-7,12,17H,8-9H2,(H,16,18). The molecule has 5 heteroatoms. The molecule has 1 heterocycles. The van der Waals surface area contributed by atoms with Crippen LogP contribution in [0.1, 0.15) is 17.4 Å². The van der Waals surface area contributed by atoms with Gasteiger partial charge in [0.05, 0.1) is 19.3 Å². The molecule has 2 N–H and O–H groups in total. The highest BCUT2D eigenvalue weighted by Crippen LogP contribution is 2.14. The Morgan fingerprint density at radius 1 is 1.32 bits per heavy atom. The number of aliphatic hydroxyl groups is 1. The summed E-state index contributed by atoms with van der Waals surface area (Å²) >= 11 is 5.78. The molecule has 1 amide bonds. The van der Waals surface area contributed by atoms with Crippen LogP contribution < -0.4 is 5.32 Å². The van der Waals surface area contributed by atoms with E-state index in [1.807, 2.05) is 0 Å². The van der Waals surface area contributed by atoms with Crippen LogP contribution in [0.25, 0.3) is 0 Å². The van der Waals surface area contributed by atoms with E-state index in [-0.39, 0.29) is 18.9 Å². The highest BCUT2D eigenvalue weighted by molar-refractivity contribution is 6.30. The van der Waals surface area contributed by atoms with Crippen molar-refractivity contribution in [3.05, 3.63) is 59.0 Å². The normalized spacial score (nSPS) is 12.1. The van der Waals surface area contributed by atoms with Crippen molar-refractivity contribution in [2.45, 2.75) is 12.5 Å². The van der Waals surface area contributed by atoms with Crippen LogP contribution in [-0.4, -0.2) is 17.6 Å². The Balaban J connectivity index is 1.95. The summed E-state index contributed by atoms with van der Waals surface area (Å²) < 4.78 is 5.16. The Bertz CT molecular complexity index is 522. The van der Waals surface area contributed by atoms with E-state index in [9.17, 15) is 9.90 Å². The van der Waals surface area contributed by atoms with Gasteiger partial charge in [-0.2, -0.15) is 0 Å². The zero-order valence-corrected chi connectivity index (χ0v) is 10.9. The molecule has 4 nitrogen and oxygen atoms in total. The SMILES string of the molecule is O=C(Cc1ccc(Cl)cc1)NC(CO)c1ccco1. The van der Waals surface area contributed by atoms with Crippen molar-refractivity contribution < 1.29 is 14.3 Å². The largest absolute Gasteiger partial charge is 0.467 e. The molecule has 0 bridgehead atoms. The second-order valence-electron chi connectivity index (χ2n) is 4.12. The summed E-state index contributed by atoms with van der Waals surface area (Å²) in [5.41, 5.74) is 0.859. The van der Waals surface area contributed by atoms with E-state index in [1.165, 1.54) is 6.26 Å². The van der Waals surface area contributed by atoms with Gasteiger partial charge >= 0.3 is 0 Å². The number of carbonyl (C=O) groups excluding carboxylic acids is 1. The highest BCUT2D eigenvalue weighted by Gasteiger charge is 2.16. The summed E-state index contributed by atoms with van der Waals surface area (Å²) in [6, 6.07) is 9.97. The summed E-state index contributed by atoms with van der Waals surface area (Å²) in [6.07, 6.45) is 1.73. The summed E-state index contributed by atoms with van der Waals surface area (Å²) in [6.45, 7) is -0.208. The molecule has 2 rings (SSSR count). The number of rotatable bonds is 5. The predicted octanol–water partition coefficient (Wildman–Crippen LogP) is 2.33. The number of amides is 1. The first kappa shape index (κ1) is 13.6. The van der Waals surface area contributed by atoms with Crippen molar-refractivity contribution in [2.75, 3.05) is 6.61 Å². The molecule has 1 atom stereocenters. The zero-order valence-electron chi connectivity index (χ0n) is 10.2. The second-order valence-corrected chi connectivity index (χ2v) is 4.56. The molecule has 2 aromatic rings. The molecule has 1 unspecified atom stereocenters. The van der Waals surface area contributed by atoms with Crippen molar-refractivity contribution in [3.8, 4) is 0 Å². The Morgan fingerprint density at radius 3 is 2.63 bits per heavy atom. The molecule has 0 saturated carbocycles. The van der Waals surface area contributed by atoms with Gasteiger partial charge in [-0.05, 0) is 29.8 Å². The van der Waals surface area contributed by atoms with Gasteiger partial charge in [-0.3, -0.25) is 4.79 Å². The van der Waals surface area contributed by atoms with Gasteiger partial charge in [-0.15, -0.1) is 0 Å². The van der Waals surface area contributed by atoms with E-state index in [4.69, 9.17) is 16.0 Å². The predicted molar refractivity (Wildman–Crippen MR) is 71.8 cm³/mol. The number of nitrogens with one attached hydrogen (secondary N) is 1. The van der Waals surface area contributed by atoms with Crippen LogP contribution in [0.4, 0.5) is 0 Å². The molecule has 0 radical (unpaired) electrons. The monoisotopic (exact) mass is 279 g/mol.